The molecule has 0 aliphatic heterocycles. The number of halogens is 1. The van der Waals surface area contributed by atoms with Gasteiger partial charge in [0.15, 0.2) is 5.82 Å². The first-order valence-electron chi connectivity index (χ1n) is 6.60. The first-order chi connectivity index (χ1) is 9.18. The second-order valence-electron chi connectivity index (χ2n) is 6.22. The molecule has 0 fully saturated rings. The van der Waals surface area contributed by atoms with Gasteiger partial charge in [0.25, 0.3) is 0 Å². The van der Waals surface area contributed by atoms with Crippen LogP contribution < -0.4 is 5.73 Å². The molecule has 4 heteroatoms. The van der Waals surface area contributed by atoms with Crippen LogP contribution in [0.1, 0.15) is 37.6 Å². The summed E-state index contributed by atoms with van der Waals surface area (Å²) in [5.74, 6) is 1.17. The monoisotopic (exact) mass is 333 g/mol. The zero-order valence-corrected chi connectivity index (χ0v) is 14.2. The molecule has 0 bridgehead atoms. The number of rotatable bonds is 1. The van der Waals surface area contributed by atoms with E-state index >= 15 is 0 Å². The van der Waals surface area contributed by atoms with Gasteiger partial charge in [-0.25, -0.2) is 9.97 Å². The Labute approximate surface area is 128 Å². The molecule has 1 heterocycles. The highest BCUT2D eigenvalue weighted by Crippen LogP contribution is 2.33. The van der Waals surface area contributed by atoms with Gasteiger partial charge in [-0.05, 0) is 41.9 Å². The van der Waals surface area contributed by atoms with Gasteiger partial charge in [-0.1, -0.05) is 38.0 Å². The van der Waals surface area contributed by atoms with Gasteiger partial charge < -0.3 is 5.73 Å². The van der Waals surface area contributed by atoms with E-state index < -0.39 is 0 Å². The van der Waals surface area contributed by atoms with Gasteiger partial charge >= 0.3 is 0 Å². The SMILES string of the molecule is Cc1cc(C)cc(-c2nc(N)c(Br)c(C(C)(C)C)n2)c1. The van der Waals surface area contributed by atoms with Crippen molar-refractivity contribution in [2.75, 3.05) is 5.73 Å². The maximum Gasteiger partial charge on any atom is 0.161 e. The summed E-state index contributed by atoms with van der Waals surface area (Å²) in [7, 11) is 0. The molecule has 1 aromatic heterocycles. The highest BCUT2D eigenvalue weighted by Gasteiger charge is 2.22. The molecular formula is C16H20BrN3. The van der Waals surface area contributed by atoms with Crippen molar-refractivity contribution in [3.63, 3.8) is 0 Å². The van der Waals surface area contributed by atoms with E-state index in [1.165, 1.54) is 11.1 Å². The van der Waals surface area contributed by atoms with Crippen LogP contribution in [0.2, 0.25) is 0 Å². The van der Waals surface area contributed by atoms with Crippen LogP contribution >= 0.6 is 15.9 Å². The van der Waals surface area contributed by atoms with Gasteiger partial charge in [0.05, 0.1) is 10.2 Å². The molecule has 1 aromatic carbocycles. The Kier molecular flexibility index (Phi) is 3.87. The predicted molar refractivity (Wildman–Crippen MR) is 87.8 cm³/mol. The molecule has 2 rings (SSSR count). The lowest BCUT2D eigenvalue weighted by atomic mass is 9.91. The van der Waals surface area contributed by atoms with Gasteiger partial charge in [0.2, 0.25) is 0 Å². The number of nitrogens with zero attached hydrogens (tertiary/aromatic N) is 2. The molecule has 0 radical (unpaired) electrons. The zero-order chi connectivity index (χ0) is 15.1. The van der Waals surface area contributed by atoms with Crippen molar-refractivity contribution in [3.8, 4) is 11.4 Å². The average Bonchev–Trinajstić information content (AvgIpc) is 2.29. The summed E-state index contributed by atoms with van der Waals surface area (Å²) in [5.41, 5.74) is 10.3. The van der Waals surface area contributed by atoms with E-state index in [1.807, 2.05) is 0 Å². The fraction of sp³-hybridized carbons (Fsp3) is 0.375. The summed E-state index contributed by atoms with van der Waals surface area (Å²) in [6.07, 6.45) is 0. The van der Waals surface area contributed by atoms with Crippen molar-refractivity contribution >= 4 is 21.7 Å². The number of benzene rings is 1. The van der Waals surface area contributed by atoms with E-state index in [4.69, 9.17) is 10.7 Å². The maximum absolute atomic E-state index is 6.03. The summed E-state index contributed by atoms with van der Waals surface area (Å²) in [6, 6.07) is 6.31. The molecule has 0 aliphatic carbocycles. The van der Waals surface area contributed by atoms with Crippen molar-refractivity contribution in [1.82, 2.24) is 9.97 Å². The van der Waals surface area contributed by atoms with E-state index in [2.05, 4.69) is 73.7 Å². The Morgan fingerprint density at radius 2 is 1.55 bits per heavy atom. The minimum Gasteiger partial charge on any atom is -0.383 e. The predicted octanol–water partition coefficient (Wildman–Crippen LogP) is 4.40. The third-order valence-electron chi connectivity index (χ3n) is 3.07. The van der Waals surface area contributed by atoms with Crippen LogP contribution in [0.25, 0.3) is 11.4 Å². The molecule has 0 unspecified atom stereocenters. The van der Waals surface area contributed by atoms with Crippen LogP contribution in [0.5, 0.6) is 0 Å². The molecule has 2 aromatic rings. The van der Waals surface area contributed by atoms with Crippen LogP contribution in [0.15, 0.2) is 22.7 Å². The van der Waals surface area contributed by atoms with E-state index in [-0.39, 0.29) is 5.41 Å². The van der Waals surface area contributed by atoms with Crippen molar-refractivity contribution in [1.29, 1.82) is 0 Å². The number of hydrogen-bond donors (Lipinski definition) is 1. The molecular weight excluding hydrogens is 314 g/mol. The van der Waals surface area contributed by atoms with Crippen LogP contribution in [-0.4, -0.2) is 9.97 Å². The summed E-state index contributed by atoms with van der Waals surface area (Å²) in [5, 5.41) is 0. The number of hydrogen-bond acceptors (Lipinski definition) is 3. The van der Waals surface area contributed by atoms with Crippen molar-refractivity contribution in [2.24, 2.45) is 0 Å². The number of aromatic nitrogens is 2. The van der Waals surface area contributed by atoms with Crippen molar-refractivity contribution in [2.45, 2.75) is 40.0 Å². The molecule has 0 spiro atoms. The Balaban J connectivity index is 2.67. The van der Waals surface area contributed by atoms with E-state index in [0.29, 0.717) is 11.6 Å². The number of nitrogen functional groups attached to an aromatic ring is 1. The van der Waals surface area contributed by atoms with Gasteiger partial charge in [-0.3, -0.25) is 0 Å². The van der Waals surface area contributed by atoms with Gasteiger partial charge in [-0.2, -0.15) is 0 Å². The van der Waals surface area contributed by atoms with Gasteiger partial charge in [0.1, 0.15) is 5.82 Å². The maximum atomic E-state index is 6.03. The molecule has 3 nitrogen and oxygen atoms in total. The molecule has 106 valence electrons. The topological polar surface area (TPSA) is 51.8 Å². The molecule has 0 aliphatic rings. The van der Waals surface area contributed by atoms with Crippen LogP contribution in [-0.2, 0) is 5.41 Å². The second kappa shape index (κ2) is 5.17. The average molecular weight is 334 g/mol. The summed E-state index contributed by atoms with van der Waals surface area (Å²) in [6.45, 7) is 10.5. The van der Waals surface area contributed by atoms with E-state index in [9.17, 15) is 0 Å². The fourth-order valence-corrected chi connectivity index (χ4v) is 2.97. The third kappa shape index (κ3) is 3.01. The first-order valence-corrected chi connectivity index (χ1v) is 7.40. The number of anilines is 1. The summed E-state index contributed by atoms with van der Waals surface area (Å²) < 4.78 is 0.790. The summed E-state index contributed by atoms with van der Waals surface area (Å²) in [4.78, 5) is 9.14. The quantitative estimate of drug-likeness (QED) is 0.841. The molecule has 2 N–H and O–H groups in total. The first kappa shape index (κ1) is 15.0. The van der Waals surface area contributed by atoms with E-state index in [1.54, 1.807) is 0 Å². The van der Waals surface area contributed by atoms with Crippen molar-refractivity contribution in [3.05, 3.63) is 39.5 Å². The highest BCUT2D eigenvalue weighted by atomic mass is 79.9. The zero-order valence-electron chi connectivity index (χ0n) is 12.6. The minimum absolute atomic E-state index is 0.0937. The Hall–Kier alpha value is -1.42. The summed E-state index contributed by atoms with van der Waals surface area (Å²) >= 11 is 3.50. The third-order valence-corrected chi connectivity index (χ3v) is 3.85. The fourth-order valence-electron chi connectivity index (χ4n) is 2.19. The molecule has 20 heavy (non-hydrogen) atoms. The van der Waals surface area contributed by atoms with Crippen molar-refractivity contribution < 1.29 is 0 Å². The lowest BCUT2D eigenvalue weighted by molar-refractivity contribution is 0.565. The lowest BCUT2D eigenvalue weighted by Crippen LogP contribution is -2.17. The smallest absolute Gasteiger partial charge is 0.161 e. The highest BCUT2D eigenvalue weighted by molar-refractivity contribution is 9.10. The Bertz CT molecular complexity index is 637. The Morgan fingerprint density at radius 1 is 1.00 bits per heavy atom. The van der Waals surface area contributed by atoms with Crippen LogP contribution in [0.4, 0.5) is 5.82 Å². The Morgan fingerprint density at radius 3 is 2.05 bits per heavy atom. The van der Waals surface area contributed by atoms with E-state index in [0.717, 1.165) is 15.7 Å². The largest absolute Gasteiger partial charge is 0.383 e. The van der Waals surface area contributed by atoms with Gasteiger partial charge in [0, 0.05) is 11.0 Å². The standard InChI is InChI=1S/C16H20BrN3/c1-9-6-10(2)8-11(7-9)15-19-13(16(3,4)5)12(17)14(18)20-15/h6-8H,1-5H3,(H2,18,19,20). The molecule has 0 atom stereocenters. The van der Waals surface area contributed by atoms with Crippen LogP contribution in [0, 0.1) is 13.8 Å². The number of aryl methyl sites for hydroxylation is 2. The second-order valence-corrected chi connectivity index (χ2v) is 7.01. The normalized spacial score (nSPS) is 11.7. The lowest BCUT2D eigenvalue weighted by Gasteiger charge is -2.21. The van der Waals surface area contributed by atoms with Gasteiger partial charge in [-0.15, -0.1) is 0 Å². The molecule has 0 amide bonds. The number of nitrogens with two attached hydrogens (primary N) is 1. The van der Waals surface area contributed by atoms with Crippen LogP contribution in [0.3, 0.4) is 0 Å². The molecule has 0 saturated carbocycles. The molecule has 0 saturated heterocycles. The minimum atomic E-state index is -0.0937.